The van der Waals surface area contributed by atoms with Gasteiger partial charge in [-0.15, -0.1) is 0 Å². The first-order valence-corrected chi connectivity index (χ1v) is 8.90. The number of hydrogen-bond donors (Lipinski definition) is 1. The van der Waals surface area contributed by atoms with Gasteiger partial charge in [-0.2, -0.15) is 5.26 Å². The highest BCUT2D eigenvalue weighted by molar-refractivity contribution is 5.96. The minimum atomic E-state index is -0.427. The summed E-state index contributed by atoms with van der Waals surface area (Å²) in [6.45, 7) is 4.43. The van der Waals surface area contributed by atoms with E-state index in [1.807, 2.05) is 19.1 Å². The molecule has 0 atom stereocenters. The molecule has 0 bridgehead atoms. The minimum absolute atomic E-state index is 0.235. The van der Waals surface area contributed by atoms with Crippen molar-refractivity contribution in [2.24, 2.45) is 0 Å². The van der Waals surface area contributed by atoms with Crippen molar-refractivity contribution in [2.75, 3.05) is 19.8 Å². The van der Waals surface area contributed by atoms with Gasteiger partial charge in [-0.05, 0) is 49.2 Å². The molecular formula is C22H22N2O4. The molecule has 0 heterocycles. The summed E-state index contributed by atoms with van der Waals surface area (Å²) in [4.78, 5) is 23.9. The van der Waals surface area contributed by atoms with Crippen molar-refractivity contribution in [2.45, 2.75) is 13.8 Å². The molecule has 2 rings (SSSR count). The number of para-hydroxylation sites is 1. The fourth-order valence-corrected chi connectivity index (χ4v) is 2.45. The SMILES string of the molecule is CCOC(=O)/C=C/c1ccc(C)c(C(=O)NCCOc2ccccc2C#N)c1. The first-order valence-electron chi connectivity index (χ1n) is 8.90. The average Bonchev–Trinajstić information content (AvgIpc) is 2.71. The fourth-order valence-electron chi connectivity index (χ4n) is 2.45. The number of amides is 1. The molecule has 0 aromatic heterocycles. The van der Waals surface area contributed by atoms with E-state index < -0.39 is 5.97 Å². The smallest absolute Gasteiger partial charge is 0.330 e. The zero-order chi connectivity index (χ0) is 20.4. The lowest BCUT2D eigenvalue weighted by Crippen LogP contribution is -2.28. The maximum absolute atomic E-state index is 12.5. The van der Waals surface area contributed by atoms with E-state index in [0.29, 0.717) is 30.0 Å². The van der Waals surface area contributed by atoms with Crippen molar-refractivity contribution in [3.05, 3.63) is 70.8 Å². The predicted octanol–water partition coefficient (Wildman–Crippen LogP) is 3.25. The molecule has 2 aromatic rings. The maximum atomic E-state index is 12.5. The van der Waals surface area contributed by atoms with Gasteiger partial charge in [-0.25, -0.2) is 4.79 Å². The molecule has 0 aliphatic carbocycles. The summed E-state index contributed by atoms with van der Waals surface area (Å²) in [5.74, 6) is -0.175. The van der Waals surface area contributed by atoms with Crippen LogP contribution in [0.5, 0.6) is 5.75 Å². The van der Waals surface area contributed by atoms with Crippen molar-refractivity contribution in [1.29, 1.82) is 5.26 Å². The van der Waals surface area contributed by atoms with Crippen LogP contribution in [-0.4, -0.2) is 31.6 Å². The molecule has 2 aromatic carbocycles. The van der Waals surface area contributed by atoms with E-state index in [2.05, 4.69) is 11.4 Å². The van der Waals surface area contributed by atoms with Crippen LogP contribution in [0.1, 0.15) is 34.0 Å². The third kappa shape index (κ3) is 5.99. The van der Waals surface area contributed by atoms with Gasteiger partial charge in [0.05, 0.1) is 18.7 Å². The Hall–Kier alpha value is -3.59. The van der Waals surface area contributed by atoms with E-state index in [1.165, 1.54) is 6.08 Å². The van der Waals surface area contributed by atoms with Crippen LogP contribution in [-0.2, 0) is 9.53 Å². The Morgan fingerprint density at radius 1 is 1.21 bits per heavy atom. The van der Waals surface area contributed by atoms with Crippen LogP contribution in [0, 0.1) is 18.3 Å². The van der Waals surface area contributed by atoms with Crippen LogP contribution in [0.2, 0.25) is 0 Å². The third-order valence-electron chi connectivity index (χ3n) is 3.86. The van der Waals surface area contributed by atoms with E-state index in [-0.39, 0.29) is 12.5 Å². The lowest BCUT2D eigenvalue weighted by atomic mass is 10.0. The monoisotopic (exact) mass is 378 g/mol. The van der Waals surface area contributed by atoms with E-state index in [0.717, 1.165) is 11.1 Å². The largest absolute Gasteiger partial charge is 0.490 e. The van der Waals surface area contributed by atoms with Crippen molar-refractivity contribution in [3.8, 4) is 11.8 Å². The van der Waals surface area contributed by atoms with Crippen LogP contribution < -0.4 is 10.1 Å². The van der Waals surface area contributed by atoms with Gasteiger partial charge in [0, 0.05) is 11.6 Å². The van der Waals surface area contributed by atoms with Crippen molar-refractivity contribution in [1.82, 2.24) is 5.32 Å². The van der Waals surface area contributed by atoms with Gasteiger partial charge in [0.2, 0.25) is 0 Å². The number of benzene rings is 2. The fraction of sp³-hybridized carbons (Fsp3) is 0.227. The van der Waals surface area contributed by atoms with Gasteiger partial charge in [-0.1, -0.05) is 24.3 Å². The summed E-state index contributed by atoms with van der Waals surface area (Å²) in [5, 5.41) is 11.8. The number of carbonyl (C=O) groups is 2. The minimum Gasteiger partial charge on any atom is -0.490 e. The molecule has 0 radical (unpaired) electrons. The Bertz CT molecular complexity index is 913. The first kappa shape index (κ1) is 20.7. The Morgan fingerprint density at radius 3 is 2.75 bits per heavy atom. The lowest BCUT2D eigenvalue weighted by molar-refractivity contribution is -0.137. The molecule has 0 aliphatic heterocycles. The Balaban J connectivity index is 1.93. The van der Waals surface area contributed by atoms with Gasteiger partial charge in [0.15, 0.2) is 0 Å². The summed E-state index contributed by atoms with van der Waals surface area (Å²) < 4.78 is 10.4. The Morgan fingerprint density at radius 2 is 2.00 bits per heavy atom. The molecule has 144 valence electrons. The Kier molecular flexibility index (Phi) is 7.79. The summed E-state index contributed by atoms with van der Waals surface area (Å²) in [7, 11) is 0. The number of aryl methyl sites for hydroxylation is 1. The molecule has 28 heavy (non-hydrogen) atoms. The van der Waals surface area contributed by atoms with Crippen molar-refractivity contribution < 1.29 is 19.1 Å². The number of nitriles is 1. The van der Waals surface area contributed by atoms with Gasteiger partial charge < -0.3 is 14.8 Å². The number of nitrogens with one attached hydrogen (secondary N) is 1. The molecule has 0 spiro atoms. The highest BCUT2D eigenvalue weighted by Crippen LogP contribution is 2.16. The lowest BCUT2D eigenvalue weighted by Gasteiger charge is -2.10. The topological polar surface area (TPSA) is 88.4 Å². The molecular weight excluding hydrogens is 356 g/mol. The average molecular weight is 378 g/mol. The number of esters is 1. The molecule has 0 unspecified atom stereocenters. The molecule has 0 saturated carbocycles. The quantitative estimate of drug-likeness (QED) is 0.433. The third-order valence-corrected chi connectivity index (χ3v) is 3.86. The number of hydrogen-bond acceptors (Lipinski definition) is 5. The van der Waals surface area contributed by atoms with E-state index in [4.69, 9.17) is 14.7 Å². The predicted molar refractivity (Wildman–Crippen MR) is 106 cm³/mol. The second-order valence-electron chi connectivity index (χ2n) is 5.87. The Labute approximate surface area is 164 Å². The van der Waals surface area contributed by atoms with Gasteiger partial charge in [0.25, 0.3) is 5.91 Å². The van der Waals surface area contributed by atoms with Crippen LogP contribution >= 0.6 is 0 Å². The zero-order valence-electron chi connectivity index (χ0n) is 15.9. The molecule has 6 heteroatoms. The van der Waals surface area contributed by atoms with Crippen LogP contribution in [0.4, 0.5) is 0 Å². The summed E-state index contributed by atoms with van der Waals surface area (Å²) in [6.07, 6.45) is 2.94. The molecule has 6 nitrogen and oxygen atoms in total. The molecule has 1 amide bonds. The second kappa shape index (κ2) is 10.5. The second-order valence-corrected chi connectivity index (χ2v) is 5.87. The highest BCUT2D eigenvalue weighted by Gasteiger charge is 2.09. The van der Waals surface area contributed by atoms with E-state index in [9.17, 15) is 9.59 Å². The molecule has 1 N–H and O–H groups in total. The normalized spacial score (nSPS) is 10.3. The molecule has 0 saturated heterocycles. The molecule has 0 aliphatic rings. The van der Waals surface area contributed by atoms with Crippen LogP contribution in [0.15, 0.2) is 48.5 Å². The van der Waals surface area contributed by atoms with E-state index >= 15 is 0 Å². The summed E-state index contributed by atoms with van der Waals surface area (Å²) >= 11 is 0. The standard InChI is InChI=1S/C22H22N2O4/c1-3-27-21(25)11-10-17-9-8-16(2)19(14-17)22(26)24-12-13-28-20-7-5-4-6-18(20)15-23/h4-11,14H,3,12-13H2,1-2H3,(H,24,26)/b11-10+. The van der Waals surface area contributed by atoms with E-state index in [1.54, 1.807) is 43.3 Å². The number of rotatable bonds is 8. The van der Waals surface area contributed by atoms with Crippen LogP contribution in [0.25, 0.3) is 6.08 Å². The van der Waals surface area contributed by atoms with Crippen molar-refractivity contribution >= 4 is 18.0 Å². The first-order chi connectivity index (χ1) is 13.5. The maximum Gasteiger partial charge on any atom is 0.330 e. The number of ether oxygens (including phenoxy) is 2. The molecule has 0 fully saturated rings. The summed E-state index contributed by atoms with van der Waals surface area (Å²) in [6, 6.07) is 14.4. The van der Waals surface area contributed by atoms with Crippen LogP contribution in [0.3, 0.4) is 0 Å². The van der Waals surface area contributed by atoms with Gasteiger partial charge >= 0.3 is 5.97 Å². The number of nitrogens with zero attached hydrogens (tertiary/aromatic N) is 1. The number of carbonyl (C=O) groups excluding carboxylic acids is 2. The zero-order valence-corrected chi connectivity index (χ0v) is 15.9. The highest BCUT2D eigenvalue weighted by atomic mass is 16.5. The summed E-state index contributed by atoms with van der Waals surface area (Å²) in [5.41, 5.74) is 2.51. The van der Waals surface area contributed by atoms with Gasteiger partial charge in [0.1, 0.15) is 18.4 Å². The van der Waals surface area contributed by atoms with Crippen molar-refractivity contribution in [3.63, 3.8) is 0 Å². The van der Waals surface area contributed by atoms with Gasteiger partial charge in [-0.3, -0.25) is 4.79 Å².